The molecule has 2 N–H and O–H groups in total. The molecule has 0 aliphatic heterocycles. The van der Waals surface area contributed by atoms with Crippen molar-refractivity contribution < 1.29 is 13.2 Å². The van der Waals surface area contributed by atoms with Crippen molar-refractivity contribution in [3.05, 3.63) is 12.0 Å². The highest BCUT2D eigenvalue weighted by Gasteiger charge is 2.27. The number of rotatable bonds is 9. The van der Waals surface area contributed by atoms with Gasteiger partial charge >= 0.3 is 0 Å². The Balaban J connectivity index is 2.89. The molecule has 1 aromatic heterocycles. The normalized spacial score (nSPS) is 11.8. The zero-order chi connectivity index (χ0) is 15.9. The van der Waals surface area contributed by atoms with Crippen molar-refractivity contribution in [3.63, 3.8) is 0 Å². The van der Waals surface area contributed by atoms with Crippen molar-refractivity contribution in [1.82, 2.24) is 19.6 Å². The van der Waals surface area contributed by atoms with Crippen molar-refractivity contribution in [2.45, 2.75) is 45.1 Å². The maximum Gasteiger partial charge on any atom is 0.260 e. The molecule has 21 heavy (non-hydrogen) atoms. The Bertz CT molecular complexity index is 554. The third kappa shape index (κ3) is 4.82. The van der Waals surface area contributed by atoms with Crippen LogP contribution in [-0.4, -0.2) is 48.2 Å². The molecular formula is C13H24N4O3S. The molecule has 120 valence electrons. The minimum atomic E-state index is -3.72. The first-order valence-corrected chi connectivity index (χ1v) is 8.70. The maximum atomic E-state index is 12.5. The second-order valence-electron chi connectivity index (χ2n) is 4.74. The number of carbonyl (C=O) groups is 1. The summed E-state index contributed by atoms with van der Waals surface area (Å²) in [7, 11) is -3.72. The topological polar surface area (TPSA) is 95.2 Å². The van der Waals surface area contributed by atoms with Crippen molar-refractivity contribution in [3.8, 4) is 0 Å². The lowest BCUT2D eigenvalue weighted by Crippen LogP contribution is -2.41. The fraction of sp³-hybridized carbons (Fsp3) is 0.692. The number of amides is 1. The van der Waals surface area contributed by atoms with E-state index in [1.54, 1.807) is 0 Å². The number of aromatic amines is 1. The molecule has 7 nitrogen and oxygen atoms in total. The molecule has 0 spiro atoms. The van der Waals surface area contributed by atoms with Crippen LogP contribution in [0.5, 0.6) is 0 Å². The smallest absolute Gasteiger partial charge is 0.260 e. The third-order valence-corrected chi connectivity index (χ3v) is 4.68. The molecule has 1 amide bonds. The number of nitrogens with one attached hydrogen (secondary N) is 2. The van der Waals surface area contributed by atoms with Gasteiger partial charge < -0.3 is 10.3 Å². The van der Waals surface area contributed by atoms with E-state index < -0.39 is 10.0 Å². The standard InChI is InChI=1S/C13H24N4O3S/c1-4-7-14-12(18)10-17(8-5-2)21(19,20)13-9-15-11(6-3)16-13/h9H,4-8,10H2,1-3H3,(H,14,18)(H,15,16). The lowest BCUT2D eigenvalue weighted by atomic mass is 10.4. The Morgan fingerprint density at radius 1 is 1.33 bits per heavy atom. The van der Waals surface area contributed by atoms with E-state index in [0.29, 0.717) is 31.8 Å². The van der Waals surface area contributed by atoms with Crippen LogP contribution in [0, 0.1) is 0 Å². The van der Waals surface area contributed by atoms with Crippen molar-refractivity contribution in [1.29, 1.82) is 0 Å². The lowest BCUT2D eigenvalue weighted by molar-refractivity contribution is -0.121. The Morgan fingerprint density at radius 3 is 2.57 bits per heavy atom. The lowest BCUT2D eigenvalue weighted by Gasteiger charge is -2.20. The van der Waals surface area contributed by atoms with Crippen LogP contribution in [0.3, 0.4) is 0 Å². The number of hydrogen-bond donors (Lipinski definition) is 2. The first kappa shape index (κ1) is 17.6. The summed E-state index contributed by atoms with van der Waals surface area (Å²) in [6, 6.07) is 0. The van der Waals surface area contributed by atoms with Gasteiger partial charge in [-0.05, 0) is 12.8 Å². The number of hydrogen-bond acceptors (Lipinski definition) is 4. The van der Waals surface area contributed by atoms with Gasteiger partial charge in [0.15, 0.2) is 5.03 Å². The van der Waals surface area contributed by atoms with E-state index in [1.807, 2.05) is 20.8 Å². The van der Waals surface area contributed by atoms with E-state index >= 15 is 0 Å². The molecule has 0 fully saturated rings. The molecule has 0 bridgehead atoms. The van der Waals surface area contributed by atoms with Gasteiger partial charge in [0.05, 0.1) is 12.7 Å². The minimum absolute atomic E-state index is 0.0380. The van der Waals surface area contributed by atoms with Gasteiger partial charge in [0, 0.05) is 19.5 Å². The highest BCUT2D eigenvalue weighted by molar-refractivity contribution is 7.89. The second-order valence-corrected chi connectivity index (χ2v) is 6.64. The maximum absolute atomic E-state index is 12.5. The Morgan fingerprint density at radius 2 is 2.05 bits per heavy atom. The zero-order valence-electron chi connectivity index (χ0n) is 12.8. The number of imidazole rings is 1. The predicted molar refractivity (Wildman–Crippen MR) is 80.3 cm³/mol. The molecule has 0 saturated heterocycles. The van der Waals surface area contributed by atoms with Gasteiger partial charge in [0.2, 0.25) is 5.91 Å². The van der Waals surface area contributed by atoms with Gasteiger partial charge in [-0.2, -0.15) is 4.31 Å². The molecular weight excluding hydrogens is 292 g/mol. The van der Waals surface area contributed by atoms with Crippen LogP contribution in [0.1, 0.15) is 39.4 Å². The van der Waals surface area contributed by atoms with Gasteiger partial charge in [0.25, 0.3) is 10.0 Å². The Labute approximate surface area is 126 Å². The molecule has 0 aliphatic rings. The highest BCUT2D eigenvalue weighted by Crippen LogP contribution is 2.14. The predicted octanol–water partition coefficient (Wildman–Crippen LogP) is 0.899. The average Bonchev–Trinajstić information content (AvgIpc) is 2.94. The largest absolute Gasteiger partial charge is 0.355 e. The molecule has 0 unspecified atom stereocenters. The molecule has 1 aromatic rings. The zero-order valence-corrected chi connectivity index (χ0v) is 13.7. The number of carbonyl (C=O) groups excluding carboxylic acids is 1. The molecule has 0 atom stereocenters. The molecule has 1 heterocycles. The first-order valence-electron chi connectivity index (χ1n) is 7.26. The number of aromatic nitrogens is 2. The number of aryl methyl sites for hydroxylation is 1. The van der Waals surface area contributed by atoms with Crippen LogP contribution >= 0.6 is 0 Å². The molecule has 0 aromatic carbocycles. The Hall–Kier alpha value is -1.41. The number of nitrogens with zero attached hydrogens (tertiary/aromatic N) is 2. The van der Waals surface area contributed by atoms with Crippen molar-refractivity contribution in [2.24, 2.45) is 0 Å². The van der Waals surface area contributed by atoms with Gasteiger partial charge in [-0.3, -0.25) is 4.79 Å². The van der Waals surface area contributed by atoms with E-state index in [0.717, 1.165) is 6.42 Å². The molecule has 0 radical (unpaired) electrons. The van der Waals surface area contributed by atoms with Crippen LogP contribution in [0.4, 0.5) is 0 Å². The quantitative estimate of drug-likeness (QED) is 0.707. The summed E-state index contributed by atoms with van der Waals surface area (Å²) in [5.41, 5.74) is 0. The van der Waals surface area contributed by atoms with Crippen LogP contribution in [0.15, 0.2) is 11.2 Å². The third-order valence-electron chi connectivity index (χ3n) is 2.92. The van der Waals surface area contributed by atoms with Gasteiger partial charge in [0.1, 0.15) is 5.82 Å². The monoisotopic (exact) mass is 316 g/mol. The van der Waals surface area contributed by atoms with Crippen LogP contribution in [-0.2, 0) is 21.2 Å². The van der Waals surface area contributed by atoms with Gasteiger partial charge in [-0.1, -0.05) is 20.8 Å². The molecule has 0 saturated carbocycles. The fourth-order valence-corrected chi connectivity index (χ4v) is 3.23. The minimum Gasteiger partial charge on any atom is -0.355 e. The van der Waals surface area contributed by atoms with Crippen LogP contribution in [0.2, 0.25) is 0 Å². The van der Waals surface area contributed by atoms with E-state index in [-0.39, 0.29) is 17.5 Å². The molecule has 8 heteroatoms. The summed E-state index contributed by atoms with van der Waals surface area (Å²) in [5.74, 6) is 0.324. The summed E-state index contributed by atoms with van der Waals surface area (Å²) in [6.07, 6.45) is 3.38. The van der Waals surface area contributed by atoms with Crippen LogP contribution in [0.25, 0.3) is 0 Å². The van der Waals surface area contributed by atoms with Gasteiger partial charge in [-0.15, -0.1) is 0 Å². The summed E-state index contributed by atoms with van der Waals surface area (Å²) in [4.78, 5) is 18.6. The number of sulfonamides is 1. The van der Waals surface area contributed by atoms with Crippen molar-refractivity contribution >= 4 is 15.9 Å². The van der Waals surface area contributed by atoms with E-state index in [2.05, 4.69) is 15.3 Å². The fourth-order valence-electron chi connectivity index (χ4n) is 1.81. The second kappa shape index (κ2) is 8.14. The Kier molecular flexibility index (Phi) is 6.83. The van der Waals surface area contributed by atoms with Gasteiger partial charge in [-0.25, -0.2) is 13.4 Å². The van der Waals surface area contributed by atoms with E-state index in [1.165, 1.54) is 10.5 Å². The average molecular weight is 316 g/mol. The van der Waals surface area contributed by atoms with Crippen molar-refractivity contribution in [2.75, 3.05) is 19.6 Å². The SMILES string of the molecule is CCCNC(=O)CN(CCC)S(=O)(=O)c1cnc(CC)[nH]1. The first-order chi connectivity index (χ1) is 9.95. The van der Waals surface area contributed by atoms with Crippen LogP contribution < -0.4 is 5.32 Å². The summed E-state index contributed by atoms with van der Waals surface area (Å²) in [5, 5.41) is 2.73. The molecule has 1 rings (SSSR count). The highest BCUT2D eigenvalue weighted by atomic mass is 32.2. The summed E-state index contributed by atoms with van der Waals surface area (Å²) < 4.78 is 26.3. The summed E-state index contributed by atoms with van der Waals surface area (Å²) in [6.45, 7) is 6.37. The number of H-pyrrole nitrogens is 1. The molecule has 0 aliphatic carbocycles. The van der Waals surface area contributed by atoms with E-state index in [9.17, 15) is 13.2 Å². The summed E-state index contributed by atoms with van der Waals surface area (Å²) >= 11 is 0. The van der Waals surface area contributed by atoms with E-state index in [4.69, 9.17) is 0 Å².